The molecule has 4 aliphatic rings. The standard InChI is InChI=1S/C32H18N8.C20H15O4P.Al/c1-2-10-18-17(9-1)25-33-26(18)38-28-21-13-5-6-14-22(21)30(35-28)40-32-24-16-8-7-15-23(24)31(36-32)39-29-20-12-4-3-11-19(20)27(34-29)37-25;21-25(22,23-19-13-5-9-15-7-1-3-11-17(15)19)24-20-14-6-10-16-8-2-4-12-18(16)20;/h1-16,25H,(H-,33,34,36,37,38,39,40);1-14H,(H,21,22);/q-2;;+3/p-1. The number of aliphatic imine (C=N–C) groups is 3. The SMILES string of the molecule is O=P(Oc1cccc2ccccc12)(Oc1cccc2ccccc12)[O][Al]1[n]2c3c4ccccc4c2/N=C2\NC(/N=c4/c5ccccc5c([n]41)=NC1=N/C(=N\3)c3ccccc31)c1ccccc12. The third kappa shape index (κ3) is 5.68. The molecule has 1 unspecified atom stereocenters. The van der Waals surface area contributed by atoms with Crippen LogP contribution in [0, 0.1) is 0 Å². The molecule has 8 aromatic carbocycles. The number of nitrogens with one attached hydrogen (secondary N) is 1. The molecule has 66 heavy (non-hydrogen) atoms. The first-order chi connectivity index (χ1) is 32.5. The van der Waals surface area contributed by atoms with E-state index in [0.29, 0.717) is 51.6 Å². The molecule has 0 saturated carbocycles. The van der Waals surface area contributed by atoms with Gasteiger partial charge in [-0.05, 0) is 22.9 Å². The molecule has 6 heterocycles. The van der Waals surface area contributed by atoms with Crippen LogP contribution in [-0.2, 0) is 8.14 Å². The molecule has 312 valence electrons. The Labute approximate surface area is 380 Å². The number of hydrogen-bond donors (Lipinski definition) is 1. The number of nitrogens with zero attached hydrogens (tertiary/aromatic N) is 7. The number of aromatic nitrogens is 2. The number of benzene rings is 8. The van der Waals surface area contributed by atoms with Gasteiger partial charge in [0.1, 0.15) is 46.1 Å². The number of hydrogen-bond acceptors (Lipinski definition) is 10. The number of fused-ring (bicyclic) bond motifs is 17. The largest absolute Gasteiger partial charge is 0.820 e. The summed E-state index contributed by atoms with van der Waals surface area (Å²) in [5, 5.41) is 10.2. The Morgan fingerprint density at radius 1 is 0.470 bits per heavy atom. The molecule has 0 amide bonds. The molecule has 14 rings (SSSR count). The molecule has 0 aliphatic carbocycles. The normalized spacial score (nSPS) is 17.6. The van der Waals surface area contributed by atoms with E-state index in [1.807, 2.05) is 165 Å². The zero-order valence-electron chi connectivity index (χ0n) is 34.7. The van der Waals surface area contributed by atoms with Crippen molar-refractivity contribution in [1.29, 1.82) is 0 Å². The van der Waals surface area contributed by atoms with Gasteiger partial charge in [0.2, 0.25) is 0 Å². The van der Waals surface area contributed by atoms with Gasteiger partial charge in [-0.25, -0.2) is 29.5 Å². The molecular formula is C52H32AlN8O4P. The van der Waals surface area contributed by atoms with E-state index < -0.39 is 28.9 Å². The van der Waals surface area contributed by atoms with Crippen LogP contribution in [0.2, 0.25) is 0 Å². The molecule has 0 saturated heterocycles. The summed E-state index contributed by atoms with van der Waals surface area (Å²) in [6, 6.07) is 59.0. The van der Waals surface area contributed by atoms with Crippen LogP contribution in [0.1, 0.15) is 28.4 Å². The van der Waals surface area contributed by atoms with Crippen LogP contribution in [0.25, 0.3) is 43.1 Å². The molecule has 14 heteroatoms. The third-order valence-electron chi connectivity index (χ3n) is 12.6. The van der Waals surface area contributed by atoms with Crippen molar-refractivity contribution in [2.24, 2.45) is 25.0 Å². The molecule has 1 N–H and O–H groups in total. The minimum absolute atomic E-state index is 0.332. The molecule has 1 atom stereocenters. The molecule has 4 aliphatic heterocycles. The summed E-state index contributed by atoms with van der Waals surface area (Å²) < 4.78 is 41.7. The first-order valence-electron chi connectivity index (χ1n) is 21.6. The number of rotatable bonds is 6. The minimum atomic E-state index is -4.80. The fourth-order valence-electron chi connectivity index (χ4n) is 9.66. The van der Waals surface area contributed by atoms with Crippen molar-refractivity contribution in [3.8, 4) is 11.5 Å². The van der Waals surface area contributed by atoms with Crippen LogP contribution in [0.4, 0.5) is 11.6 Å². The smallest absolute Gasteiger partial charge is 0.396 e. The van der Waals surface area contributed by atoms with Gasteiger partial charge in [0.25, 0.3) is 0 Å². The average molecular weight is 891 g/mol. The Balaban J connectivity index is 1.14. The number of phosphoric ester groups is 1. The van der Waals surface area contributed by atoms with Gasteiger partial charge in [-0.15, -0.1) is 0 Å². The zero-order chi connectivity index (χ0) is 43.5. The second kappa shape index (κ2) is 14.3. The summed E-state index contributed by atoms with van der Waals surface area (Å²) in [6.45, 7) is 0. The van der Waals surface area contributed by atoms with Crippen molar-refractivity contribution in [3.05, 3.63) is 215 Å². The highest BCUT2D eigenvalue weighted by Crippen LogP contribution is 2.54. The van der Waals surface area contributed by atoms with E-state index in [0.717, 1.165) is 65.3 Å². The molecule has 2 aromatic heterocycles. The molecule has 0 fully saturated rings. The van der Waals surface area contributed by atoms with Crippen LogP contribution < -0.4 is 25.3 Å². The first-order valence-corrected chi connectivity index (χ1v) is 24.6. The van der Waals surface area contributed by atoms with Gasteiger partial charge in [-0.1, -0.05) is 170 Å². The minimum Gasteiger partial charge on any atom is -0.396 e. The topological polar surface area (TPSA) is 128 Å². The van der Waals surface area contributed by atoms with Crippen molar-refractivity contribution < 1.29 is 17.2 Å². The van der Waals surface area contributed by atoms with Crippen LogP contribution in [0.5, 0.6) is 11.5 Å². The average Bonchev–Trinajstić information content (AvgIpc) is 4.07. The van der Waals surface area contributed by atoms with E-state index in [-0.39, 0.29) is 0 Å². The van der Waals surface area contributed by atoms with Gasteiger partial charge in [-0.3, -0.25) is 0 Å². The maximum absolute atomic E-state index is 16.6. The maximum atomic E-state index is 16.6. The highest BCUT2D eigenvalue weighted by atomic mass is 31.2. The summed E-state index contributed by atoms with van der Waals surface area (Å²) in [5.41, 5.74) is 4.61. The molecule has 6 bridgehead atoms. The predicted octanol–water partition coefficient (Wildman–Crippen LogP) is 10.4. The van der Waals surface area contributed by atoms with Crippen LogP contribution in [0.15, 0.2) is 207 Å². The zero-order valence-corrected chi connectivity index (χ0v) is 36.7. The Bertz CT molecular complexity index is 3940. The Morgan fingerprint density at radius 2 is 0.970 bits per heavy atom. The van der Waals surface area contributed by atoms with Crippen molar-refractivity contribution in [3.63, 3.8) is 0 Å². The summed E-state index contributed by atoms with van der Waals surface area (Å²) in [4.78, 5) is 27.1. The Morgan fingerprint density at radius 3 is 1.62 bits per heavy atom. The second-order valence-electron chi connectivity index (χ2n) is 16.4. The first kappa shape index (κ1) is 37.5. The van der Waals surface area contributed by atoms with Gasteiger partial charge < -0.3 is 25.0 Å². The lowest BCUT2D eigenvalue weighted by molar-refractivity contribution is 0.296. The van der Waals surface area contributed by atoms with Gasteiger partial charge in [0, 0.05) is 54.6 Å². The fourth-order valence-corrected chi connectivity index (χ4v) is 14.4. The lowest BCUT2D eigenvalue weighted by atomic mass is 10.1. The summed E-state index contributed by atoms with van der Waals surface area (Å²) in [5.74, 6) is 3.31. The lowest BCUT2D eigenvalue weighted by Gasteiger charge is -2.26. The number of phosphoric acid groups is 1. The maximum Gasteiger partial charge on any atom is 0.820 e. The van der Waals surface area contributed by atoms with Gasteiger partial charge >= 0.3 is 22.7 Å². The van der Waals surface area contributed by atoms with E-state index in [1.165, 1.54) is 0 Å². The lowest BCUT2D eigenvalue weighted by Crippen LogP contribution is -2.49. The highest BCUT2D eigenvalue weighted by Gasteiger charge is 2.50. The predicted molar refractivity (Wildman–Crippen MR) is 258 cm³/mol. The number of amidine groups is 3. The van der Waals surface area contributed by atoms with E-state index in [2.05, 4.69) is 17.4 Å². The fraction of sp³-hybridized carbons (Fsp3) is 0.0192. The van der Waals surface area contributed by atoms with Crippen molar-refractivity contribution >= 4 is 95.0 Å². The Kier molecular flexibility index (Phi) is 8.12. The van der Waals surface area contributed by atoms with E-state index in [1.54, 1.807) is 12.1 Å². The van der Waals surface area contributed by atoms with Gasteiger partial charge in [0.15, 0.2) is 11.7 Å². The van der Waals surface area contributed by atoms with Crippen LogP contribution in [-0.4, -0.2) is 39.5 Å². The van der Waals surface area contributed by atoms with Crippen molar-refractivity contribution in [2.75, 3.05) is 0 Å². The molecule has 10 aromatic rings. The summed E-state index contributed by atoms with van der Waals surface area (Å²) >= 11 is -3.73. The molecule has 0 spiro atoms. The van der Waals surface area contributed by atoms with Crippen LogP contribution in [0.3, 0.4) is 0 Å². The molecular weight excluding hydrogens is 859 g/mol. The van der Waals surface area contributed by atoms with E-state index in [4.69, 9.17) is 37.6 Å². The quantitative estimate of drug-likeness (QED) is 0.131. The molecule has 12 nitrogen and oxygen atoms in total. The van der Waals surface area contributed by atoms with Crippen molar-refractivity contribution in [1.82, 2.24) is 12.4 Å². The third-order valence-corrected chi connectivity index (χ3v) is 17.1. The van der Waals surface area contributed by atoms with E-state index >= 15 is 4.57 Å². The summed E-state index contributed by atoms with van der Waals surface area (Å²) in [7, 11) is -4.80. The van der Waals surface area contributed by atoms with Gasteiger partial charge in [-0.2, -0.15) is 0 Å². The van der Waals surface area contributed by atoms with Crippen LogP contribution >= 0.6 is 7.82 Å². The summed E-state index contributed by atoms with van der Waals surface area (Å²) in [6.07, 6.45) is -0.542. The highest BCUT2D eigenvalue weighted by molar-refractivity contribution is 7.50. The second-order valence-corrected chi connectivity index (χ2v) is 20.2. The Hall–Kier alpha value is -7.91. The van der Waals surface area contributed by atoms with Gasteiger partial charge in [0.05, 0.1) is 0 Å². The van der Waals surface area contributed by atoms with Crippen molar-refractivity contribution in [2.45, 2.75) is 6.17 Å². The van der Waals surface area contributed by atoms with E-state index in [9.17, 15) is 0 Å². The molecule has 0 radical (unpaired) electrons. The monoisotopic (exact) mass is 890 g/mol.